The van der Waals surface area contributed by atoms with Gasteiger partial charge in [-0.15, -0.1) is 0 Å². The summed E-state index contributed by atoms with van der Waals surface area (Å²) in [5, 5.41) is 4.09. The van der Waals surface area contributed by atoms with Crippen molar-refractivity contribution in [2.75, 3.05) is 5.32 Å². The molecule has 1 heterocycles. The van der Waals surface area contributed by atoms with Crippen molar-refractivity contribution >= 4 is 28.3 Å². The molecule has 3 aromatic rings. The number of benzene rings is 2. The van der Waals surface area contributed by atoms with Crippen LogP contribution in [0.5, 0.6) is 0 Å². The predicted octanol–water partition coefficient (Wildman–Crippen LogP) is 4.41. The van der Waals surface area contributed by atoms with Crippen molar-refractivity contribution in [3.8, 4) is 11.3 Å². The first-order valence-corrected chi connectivity index (χ1v) is 9.05. The van der Waals surface area contributed by atoms with E-state index in [0.717, 1.165) is 36.0 Å². The highest BCUT2D eigenvalue weighted by Crippen LogP contribution is 2.37. The molecule has 0 aliphatic heterocycles. The first-order valence-electron chi connectivity index (χ1n) is 9.05. The number of nitrogens with one attached hydrogen (secondary N) is 2. The van der Waals surface area contributed by atoms with Gasteiger partial charge in [0.2, 0.25) is 5.91 Å². The highest BCUT2D eigenvalue weighted by Gasteiger charge is 2.20. The largest absolute Gasteiger partial charge is 0.354 e. The van der Waals surface area contributed by atoms with E-state index in [9.17, 15) is 9.59 Å². The molecule has 1 aromatic heterocycles. The summed E-state index contributed by atoms with van der Waals surface area (Å²) in [5.41, 5.74) is 7.98. The van der Waals surface area contributed by atoms with E-state index in [1.54, 1.807) is 6.92 Å². The quantitative estimate of drug-likeness (QED) is 0.738. The highest BCUT2D eigenvalue weighted by atomic mass is 16.1. The topological polar surface area (TPSA) is 62.0 Å². The minimum Gasteiger partial charge on any atom is -0.354 e. The molecule has 132 valence electrons. The summed E-state index contributed by atoms with van der Waals surface area (Å²) in [4.78, 5) is 26.4. The van der Waals surface area contributed by atoms with Crippen LogP contribution in [0.2, 0.25) is 0 Å². The molecule has 4 nitrogen and oxygen atoms in total. The van der Waals surface area contributed by atoms with Gasteiger partial charge in [0.1, 0.15) is 5.78 Å². The Balaban J connectivity index is 1.83. The van der Waals surface area contributed by atoms with Gasteiger partial charge in [0.05, 0.1) is 0 Å². The second-order valence-electron chi connectivity index (χ2n) is 7.14. The van der Waals surface area contributed by atoms with Gasteiger partial charge in [-0.2, -0.15) is 0 Å². The summed E-state index contributed by atoms with van der Waals surface area (Å²) < 4.78 is 0. The number of amides is 1. The molecule has 1 amide bonds. The van der Waals surface area contributed by atoms with Gasteiger partial charge in [0.25, 0.3) is 0 Å². The molecular weight excluding hydrogens is 324 g/mol. The maximum absolute atomic E-state index is 11.5. The van der Waals surface area contributed by atoms with Gasteiger partial charge < -0.3 is 10.3 Å². The number of anilines is 1. The molecule has 1 aliphatic carbocycles. The number of H-pyrrole nitrogens is 1. The molecule has 0 saturated carbocycles. The van der Waals surface area contributed by atoms with E-state index in [0.29, 0.717) is 6.42 Å². The second kappa shape index (κ2) is 6.45. The number of hydrogen-bond donors (Lipinski definition) is 2. The molecule has 0 saturated heterocycles. The Bertz CT molecular complexity index is 1030. The van der Waals surface area contributed by atoms with E-state index in [-0.39, 0.29) is 11.7 Å². The molecule has 0 radical (unpaired) electrons. The third-order valence-corrected chi connectivity index (χ3v) is 4.99. The summed E-state index contributed by atoms with van der Waals surface area (Å²) in [6.45, 7) is 3.16. The smallest absolute Gasteiger partial charge is 0.221 e. The summed E-state index contributed by atoms with van der Waals surface area (Å²) >= 11 is 0. The van der Waals surface area contributed by atoms with E-state index < -0.39 is 0 Å². The third-order valence-electron chi connectivity index (χ3n) is 4.99. The van der Waals surface area contributed by atoms with Gasteiger partial charge in [-0.25, -0.2) is 0 Å². The lowest BCUT2D eigenvalue weighted by molar-refractivity contribution is -0.116. The van der Waals surface area contributed by atoms with E-state index >= 15 is 0 Å². The number of fused-ring (bicyclic) bond motifs is 5. The number of hydrogen-bond acceptors (Lipinski definition) is 2. The number of Topliss-reactive ketones (excluding diaryl/α,β-unsaturated/α-hetero) is 1. The number of aromatic nitrogens is 1. The third kappa shape index (κ3) is 3.03. The Hall–Kier alpha value is -2.88. The van der Waals surface area contributed by atoms with Crippen LogP contribution in [-0.2, 0) is 28.9 Å². The number of carbonyl (C=O) groups excluding carboxylic acids is 2. The Kier molecular flexibility index (Phi) is 4.11. The summed E-state index contributed by atoms with van der Waals surface area (Å²) in [6.07, 6.45) is 3.53. The molecule has 4 heteroatoms. The fraction of sp³-hybridized carbons (Fsp3) is 0.273. The van der Waals surface area contributed by atoms with Crippen LogP contribution in [0.3, 0.4) is 0 Å². The van der Waals surface area contributed by atoms with Gasteiger partial charge >= 0.3 is 0 Å². The maximum atomic E-state index is 11.5. The Morgan fingerprint density at radius 2 is 1.92 bits per heavy atom. The Morgan fingerprint density at radius 3 is 2.69 bits per heavy atom. The zero-order valence-electron chi connectivity index (χ0n) is 15.1. The van der Waals surface area contributed by atoms with E-state index in [1.807, 2.05) is 12.1 Å². The van der Waals surface area contributed by atoms with Crippen LogP contribution < -0.4 is 5.32 Å². The number of aromatic amines is 1. The number of ketones is 1. The zero-order valence-corrected chi connectivity index (χ0v) is 15.1. The van der Waals surface area contributed by atoms with Crippen molar-refractivity contribution in [1.29, 1.82) is 0 Å². The Labute approximate surface area is 152 Å². The molecule has 2 N–H and O–H groups in total. The molecule has 0 spiro atoms. The fourth-order valence-corrected chi connectivity index (χ4v) is 3.96. The predicted molar refractivity (Wildman–Crippen MR) is 104 cm³/mol. The average Bonchev–Trinajstić information content (AvgIpc) is 2.82. The van der Waals surface area contributed by atoms with Crippen LogP contribution in [0.15, 0.2) is 36.4 Å². The van der Waals surface area contributed by atoms with Gasteiger partial charge in [0, 0.05) is 41.2 Å². The molecule has 0 bridgehead atoms. The zero-order chi connectivity index (χ0) is 18.3. The number of aryl methyl sites for hydroxylation is 2. The molecule has 0 fully saturated rings. The van der Waals surface area contributed by atoms with Crippen molar-refractivity contribution in [2.45, 2.75) is 39.5 Å². The van der Waals surface area contributed by atoms with Crippen molar-refractivity contribution in [3.05, 3.63) is 53.1 Å². The van der Waals surface area contributed by atoms with Gasteiger partial charge in [-0.05, 0) is 67.1 Å². The first-order chi connectivity index (χ1) is 12.5. The van der Waals surface area contributed by atoms with Crippen molar-refractivity contribution < 1.29 is 9.59 Å². The lowest BCUT2D eigenvalue weighted by atomic mass is 10.00. The molecular formula is C22H22N2O2. The number of rotatable bonds is 3. The van der Waals surface area contributed by atoms with Crippen LogP contribution in [0, 0.1) is 0 Å². The molecule has 1 aliphatic rings. The van der Waals surface area contributed by atoms with Crippen molar-refractivity contribution in [1.82, 2.24) is 4.98 Å². The molecule has 26 heavy (non-hydrogen) atoms. The molecule has 0 unspecified atom stereocenters. The van der Waals surface area contributed by atoms with Crippen molar-refractivity contribution in [2.24, 2.45) is 0 Å². The van der Waals surface area contributed by atoms with Gasteiger partial charge in [-0.3, -0.25) is 9.59 Å². The first kappa shape index (κ1) is 16.6. The monoisotopic (exact) mass is 346 g/mol. The lowest BCUT2D eigenvalue weighted by Crippen LogP contribution is -2.06. The van der Waals surface area contributed by atoms with Crippen LogP contribution in [-0.4, -0.2) is 16.7 Å². The van der Waals surface area contributed by atoms with Crippen LogP contribution in [0.25, 0.3) is 22.2 Å². The van der Waals surface area contributed by atoms with Crippen LogP contribution in [0.4, 0.5) is 5.69 Å². The minimum atomic E-state index is -0.0529. The fourth-order valence-electron chi connectivity index (χ4n) is 3.96. The number of carbonyl (C=O) groups is 2. The normalized spacial score (nSPS) is 13.0. The highest BCUT2D eigenvalue weighted by molar-refractivity contribution is 5.94. The molecule has 0 atom stereocenters. The van der Waals surface area contributed by atoms with Gasteiger partial charge in [0.15, 0.2) is 0 Å². The standard InChI is InChI=1S/C22H22N2O2/c1-13(25)10-15-6-9-21-20(11-15)19-5-3-4-16-12-17(23-14(2)26)7-8-18(16)22(19)24-21/h6-9,11-12,24H,3-5,10H2,1-2H3,(H,23,26). The molecule has 2 aromatic carbocycles. The molecule has 4 rings (SSSR count). The van der Waals surface area contributed by atoms with Crippen LogP contribution in [0.1, 0.15) is 37.0 Å². The van der Waals surface area contributed by atoms with E-state index in [1.165, 1.54) is 34.7 Å². The lowest BCUT2D eigenvalue weighted by Gasteiger charge is -2.09. The minimum absolute atomic E-state index is 0.0529. The average molecular weight is 346 g/mol. The van der Waals surface area contributed by atoms with Crippen LogP contribution >= 0.6 is 0 Å². The summed E-state index contributed by atoms with van der Waals surface area (Å²) in [6, 6.07) is 12.4. The second-order valence-corrected chi connectivity index (χ2v) is 7.14. The summed E-state index contributed by atoms with van der Waals surface area (Å²) in [5.74, 6) is 0.129. The van der Waals surface area contributed by atoms with E-state index in [2.05, 4.69) is 34.6 Å². The SMILES string of the molecule is CC(=O)Cc1ccc2[nH]c3c(c2c1)CCCc1cc(NC(C)=O)ccc1-3. The van der Waals surface area contributed by atoms with E-state index in [4.69, 9.17) is 0 Å². The Morgan fingerprint density at radius 1 is 1.08 bits per heavy atom. The summed E-state index contributed by atoms with van der Waals surface area (Å²) in [7, 11) is 0. The van der Waals surface area contributed by atoms with Crippen molar-refractivity contribution in [3.63, 3.8) is 0 Å². The maximum Gasteiger partial charge on any atom is 0.221 e. The van der Waals surface area contributed by atoms with Gasteiger partial charge in [-0.1, -0.05) is 12.1 Å².